The van der Waals surface area contributed by atoms with E-state index in [4.69, 9.17) is 4.74 Å². The highest BCUT2D eigenvalue weighted by molar-refractivity contribution is 6.06. The van der Waals surface area contributed by atoms with Gasteiger partial charge in [-0.3, -0.25) is 4.79 Å². The third kappa shape index (κ3) is 3.10. The van der Waals surface area contributed by atoms with Crippen LogP contribution in [-0.2, 0) is 4.79 Å². The molecule has 0 radical (unpaired) electrons. The van der Waals surface area contributed by atoms with Crippen LogP contribution in [0.2, 0.25) is 0 Å². The minimum absolute atomic E-state index is 0.382. The van der Waals surface area contributed by atoms with Crippen molar-refractivity contribution in [3.63, 3.8) is 0 Å². The predicted octanol–water partition coefficient (Wildman–Crippen LogP) is 4.64. The van der Waals surface area contributed by atoms with Crippen LogP contribution >= 0.6 is 0 Å². The van der Waals surface area contributed by atoms with Crippen molar-refractivity contribution in [1.82, 2.24) is 4.98 Å². The number of hydrogen-bond donors (Lipinski definition) is 2. The molecule has 128 valence electrons. The molecule has 2 aromatic carbocycles. The summed E-state index contributed by atoms with van der Waals surface area (Å²) < 4.78 is 32.9. The lowest BCUT2D eigenvalue weighted by Crippen LogP contribution is -2.09. The van der Waals surface area contributed by atoms with Gasteiger partial charge in [0.1, 0.15) is 5.75 Å². The van der Waals surface area contributed by atoms with E-state index in [2.05, 4.69) is 16.9 Å². The number of halogens is 2. The van der Waals surface area contributed by atoms with Crippen LogP contribution in [0.5, 0.6) is 5.75 Å². The summed E-state index contributed by atoms with van der Waals surface area (Å²) in [5, 5.41) is 3.21. The molecule has 1 amide bonds. The molecule has 3 aromatic rings. The van der Waals surface area contributed by atoms with E-state index in [0.717, 1.165) is 18.2 Å². The molecule has 4 nitrogen and oxygen atoms in total. The van der Waals surface area contributed by atoms with E-state index in [9.17, 15) is 13.6 Å². The summed E-state index contributed by atoms with van der Waals surface area (Å²) in [6.45, 7) is 5.69. The third-order valence-corrected chi connectivity index (χ3v) is 3.76. The first-order valence-electron chi connectivity index (χ1n) is 7.70. The van der Waals surface area contributed by atoms with Crippen LogP contribution in [0.3, 0.4) is 0 Å². The number of amides is 1. The van der Waals surface area contributed by atoms with Crippen LogP contribution in [0, 0.1) is 11.6 Å². The number of anilines is 1. The molecular formula is C19H16F2N2O2. The largest absolute Gasteiger partial charge is 0.493 e. The van der Waals surface area contributed by atoms with Crippen molar-refractivity contribution in [2.45, 2.75) is 6.92 Å². The molecule has 1 aromatic heterocycles. The number of hydrogen-bond acceptors (Lipinski definition) is 2. The van der Waals surface area contributed by atoms with Crippen LogP contribution in [0.15, 0.2) is 49.2 Å². The highest BCUT2D eigenvalue weighted by Gasteiger charge is 2.18. The summed E-state index contributed by atoms with van der Waals surface area (Å²) in [6.07, 6.45) is 2.78. The van der Waals surface area contributed by atoms with Crippen LogP contribution in [0.25, 0.3) is 22.0 Å². The predicted molar refractivity (Wildman–Crippen MR) is 93.6 cm³/mol. The van der Waals surface area contributed by atoms with Crippen molar-refractivity contribution in [2.24, 2.45) is 0 Å². The smallest absolute Gasteiger partial charge is 0.247 e. The Bertz CT molecular complexity index is 963. The first-order valence-corrected chi connectivity index (χ1v) is 7.70. The molecule has 6 heteroatoms. The van der Waals surface area contributed by atoms with Crippen molar-refractivity contribution >= 4 is 22.5 Å². The number of aromatic amines is 1. The topological polar surface area (TPSA) is 54.1 Å². The van der Waals surface area contributed by atoms with Gasteiger partial charge in [0.15, 0.2) is 11.6 Å². The number of nitrogens with one attached hydrogen (secondary N) is 2. The van der Waals surface area contributed by atoms with E-state index in [1.165, 1.54) is 0 Å². The van der Waals surface area contributed by atoms with Crippen molar-refractivity contribution in [3.05, 3.63) is 60.8 Å². The van der Waals surface area contributed by atoms with Gasteiger partial charge in [0.05, 0.1) is 12.3 Å². The number of carbonyl (C=O) groups is 1. The van der Waals surface area contributed by atoms with Crippen LogP contribution in [0.4, 0.5) is 14.5 Å². The molecule has 0 saturated carbocycles. The maximum Gasteiger partial charge on any atom is 0.247 e. The second-order valence-electron chi connectivity index (χ2n) is 5.32. The average Bonchev–Trinajstić information content (AvgIpc) is 2.98. The molecule has 0 unspecified atom stereocenters. The van der Waals surface area contributed by atoms with Crippen molar-refractivity contribution in [2.75, 3.05) is 11.9 Å². The van der Waals surface area contributed by atoms with E-state index in [1.807, 2.05) is 6.92 Å². The van der Waals surface area contributed by atoms with Gasteiger partial charge in [-0.25, -0.2) is 8.78 Å². The van der Waals surface area contributed by atoms with Gasteiger partial charge in [0.2, 0.25) is 5.91 Å². The summed E-state index contributed by atoms with van der Waals surface area (Å²) in [7, 11) is 0. The molecule has 0 aliphatic heterocycles. The zero-order chi connectivity index (χ0) is 18.0. The lowest BCUT2D eigenvalue weighted by Gasteiger charge is -2.15. The normalized spacial score (nSPS) is 10.7. The Morgan fingerprint density at radius 3 is 2.80 bits per heavy atom. The lowest BCUT2D eigenvalue weighted by atomic mass is 10.0. The molecular weight excluding hydrogens is 326 g/mol. The van der Waals surface area contributed by atoms with Crippen LogP contribution in [0.1, 0.15) is 6.92 Å². The fourth-order valence-corrected chi connectivity index (χ4v) is 2.70. The number of rotatable bonds is 5. The first-order chi connectivity index (χ1) is 12.0. The SMILES string of the molecule is C=CC(=O)Nc1cccc(OCC)c1-c1c[nH]c2cc(F)c(F)cc12. The molecule has 3 rings (SSSR count). The summed E-state index contributed by atoms with van der Waals surface area (Å²) in [5.74, 6) is -1.74. The molecule has 2 N–H and O–H groups in total. The molecule has 0 atom stereocenters. The van der Waals surface area contributed by atoms with Gasteiger partial charge in [-0.15, -0.1) is 0 Å². The average molecular weight is 342 g/mol. The number of aromatic nitrogens is 1. The molecule has 25 heavy (non-hydrogen) atoms. The second-order valence-corrected chi connectivity index (χ2v) is 5.32. The van der Waals surface area contributed by atoms with Crippen molar-refractivity contribution in [1.29, 1.82) is 0 Å². The minimum atomic E-state index is -0.945. The highest BCUT2D eigenvalue weighted by atomic mass is 19.2. The fraction of sp³-hybridized carbons (Fsp3) is 0.105. The van der Waals surface area contributed by atoms with Gasteiger partial charge >= 0.3 is 0 Å². The lowest BCUT2D eigenvalue weighted by molar-refractivity contribution is -0.111. The fourth-order valence-electron chi connectivity index (χ4n) is 2.70. The van der Waals surface area contributed by atoms with E-state index < -0.39 is 11.6 Å². The van der Waals surface area contributed by atoms with Crippen LogP contribution < -0.4 is 10.1 Å². The number of H-pyrrole nitrogens is 1. The zero-order valence-corrected chi connectivity index (χ0v) is 13.5. The third-order valence-electron chi connectivity index (χ3n) is 3.76. The molecule has 0 aliphatic rings. The summed E-state index contributed by atoms with van der Waals surface area (Å²) >= 11 is 0. The van der Waals surface area contributed by atoms with E-state index in [1.54, 1.807) is 24.4 Å². The molecule has 0 bridgehead atoms. The number of benzene rings is 2. The van der Waals surface area contributed by atoms with Crippen LogP contribution in [-0.4, -0.2) is 17.5 Å². The van der Waals surface area contributed by atoms with Gasteiger partial charge in [0, 0.05) is 34.3 Å². The number of ether oxygens (including phenoxy) is 1. The Labute approximate surface area is 143 Å². The van der Waals surface area contributed by atoms with Gasteiger partial charge in [-0.05, 0) is 31.2 Å². The van der Waals surface area contributed by atoms with Gasteiger partial charge in [-0.2, -0.15) is 0 Å². The monoisotopic (exact) mass is 342 g/mol. The van der Waals surface area contributed by atoms with Crippen molar-refractivity contribution in [3.8, 4) is 16.9 Å². The van der Waals surface area contributed by atoms with E-state index in [-0.39, 0.29) is 5.91 Å². The minimum Gasteiger partial charge on any atom is -0.493 e. The van der Waals surface area contributed by atoms with Gasteiger partial charge < -0.3 is 15.0 Å². The Morgan fingerprint density at radius 2 is 2.08 bits per heavy atom. The maximum absolute atomic E-state index is 13.7. The molecule has 0 saturated heterocycles. The van der Waals surface area contributed by atoms with E-state index in [0.29, 0.717) is 40.1 Å². The summed E-state index contributed by atoms with van der Waals surface area (Å²) in [6, 6.07) is 7.42. The number of fused-ring (bicyclic) bond motifs is 1. The van der Waals surface area contributed by atoms with Crippen molar-refractivity contribution < 1.29 is 18.3 Å². The molecule has 0 fully saturated rings. The Morgan fingerprint density at radius 1 is 1.32 bits per heavy atom. The maximum atomic E-state index is 13.7. The van der Waals surface area contributed by atoms with Gasteiger partial charge in [-0.1, -0.05) is 12.6 Å². The highest BCUT2D eigenvalue weighted by Crippen LogP contribution is 2.41. The Kier molecular flexibility index (Phi) is 4.52. The molecule has 1 heterocycles. The first kappa shape index (κ1) is 16.7. The Balaban J connectivity index is 2.26. The van der Waals surface area contributed by atoms with E-state index >= 15 is 0 Å². The molecule has 0 aliphatic carbocycles. The second kappa shape index (κ2) is 6.76. The zero-order valence-electron chi connectivity index (χ0n) is 13.5. The van der Waals surface area contributed by atoms with Gasteiger partial charge in [0.25, 0.3) is 0 Å². The quantitative estimate of drug-likeness (QED) is 0.664. The Hall–Kier alpha value is -3.15. The molecule has 0 spiro atoms. The standard InChI is InChI=1S/C19H16F2N2O2/c1-3-18(24)23-15-6-5-7-17(25-4-2)19(15)12-10-22-16-9-14(21)13(20)8-11(12)16/h3,5-10,22H,1,4H2,2H3,(H,23,24). The summed E-state index contributed by atoms with van der Waals surface area (Å²) in [4.78, 5) is 14.7. The summed E-state index contributed by atoms with van der Waals surface area (Å²) in [5.41, 5.74) is 2.11. The number of carbonyl (C=O) groups excluding carboxylic acids is 1.